The second-order valence-electron chi connectivity index (χ2n) is 6.16. The Hall–Kier alpha value is -3.15. The molecule has 1 heterocycles. The van der Waals surface area contributed by atoms with Gasteiger partial charge >= 0.3 is 0 Å². The molecule has 1 amide bonds. The molecule has 3 rings (SSSR count). The van der Waals surface area contributed by atoms with Crippen LogP contribution in [0.3, 0.4) is 0 Å². The number of H-pyrrole nitrogens is 1. The summed E-state index contributed by atoms with van der Waals surface area (Å²) >= 11 is 0. The summed E-state index contributed by atoms with van der Waals surface area (Å²) in [5, 5.41) is 9.58. The van der Waals surface area contributed by atoms with Crippen molar-refractivity contribution in [2.75, 3.05) is 6.61 Å². The summed E-state index contributed by atoms with van der Waals surface area (Å²) in [4.78, 5) is 12.5. The van der Waals surface area contributed by atoms with Crippen LogP contribution in [0.15, 0.2) is 54.7 Å². The van der Waals surface area contributed by atoms with Crippen molar-refractivity contribution < 1.29 is 13.9 Å². The van der Waals surface area contributed by atoms with Gasteiger partial charge in [-0.15, -0.1) is 0 Å². The fraction of sp³-hybridized carbons (Fsp3) is 0.238. The topological polar surface area (TPSA) is 67.0 Å². The largest absolute Gasteiger partial charge is 0.494 e. The maximum atomic E-state index is 13.7. The van der Waals surface area contributed by atoms with Gasteiger partial charge in [0, 0.05) is 17.7 Å². The van der Waals surface area contributed by atoms with Gasteiger partial charge < -0.3 is 10.1 Å². The predicted molar refractivity (Wildman–Crippen MR) is 102 cm³/mol. The average Bonchev–Trinajstić information content (AvgIpc) is 3.18. The summed E-state index contributed by atoms with van der Waals surface area (Å²) < 4.78 is 19.3. The molecule has 1 aromatic heterocycles. The molecule has 0 radical (unpaired) electrons. The van der Waals surface area contributed by atoms with Crippen molar-refractivity contribution in [2.45, 2.75) is 26.3 Å². The molecule has 6 heteroatoms. The molecule has 0 unspecified atom stereocenters. The number of hydrogen-bond acceptors (Lipinski definition) is 3. The molecule has 0 aliphatic carbocycles. The lowest BCUT2D eigenvalue weighted by molar-refractivity contribution is 0.0951. The highest BCUT2D eigenvalue weighted by Gasteiger charge is 2.15. The Bertz CT molecular complexity index is 890. The van der Waals surface area contributed by atoms with Crippen LogP contribution in [-0.2, 0) is 6.54 Å². The molecule has 2 N–H and O–H groups in total. The van der Waals surface area contributed by atoms with E-state index in [4.69, 9.17) is 4.74 Å². The van der Waals surface area contributed by atoms with Crippen LogP contribution in [0, 0.1) is 5.82 Å². The molecule has 5 nitrogen and oxygen atoms in total. The number of rotatable bonds is 8. The quantitative estimate of drug-likeness (QED) is 0.583. The number of carbonyl (C=O) groups excluding carboxylic acids is 1. The predicted octanol–water partition coefficient (Wildman–Crippen LogP) is 4.32. The van der Waals surface area contributed by atoms with Gasteiger partial charge in [-0.2, -0.15) is 5.10 Å². The molecule has 0 spiro atoms. The number of aromatic nitrogens is 2. The molecule has 0 saturated heterocycles. The van der Waals surface area contributed by atoms with Crippen LogP contribution < -0.4 is 10.1 Å². The first kappa shape index (κ1) is 18.6. The summed E-state index contributed by atoms with van der Waals surface area (Å²) in [5.41, 5.74) is 2.28. The van der Waals surface area contributed by atoms with Crippen molar-refractivity contribution in [3.05, 3.63) is 71.7 Å². The number of amides is 1. The number of hydrogen-bond donors (Lipinski definition) is 2. The number of ether oxygens (including phenoxy) is 1. The van der Waals surface area contributed by atoms with Gasteiger partial charge in [-0.05, 0) is 36.8 Å². The number of unbranched alkanes of at least 4 members (excludes halogenated alkanes) is 1. The first-order chi connectivity index (χ1) is 13.2. The summed E-state index contributed by atoms with van der Waals surface area (Å²) in [6, 6.07) is 13.9. The van der Waals surface area contributed by atoms with E-state index in [2.05, 4.69) is 22.4 Å². The molecule has 0 aliphatic rings. The van der Waals surface area contributed by atoms with E-state index in [9.17, 15) is 9.18 Å². The Kier molecular flexibility index (Phi) is 6.20. The fourth-order valence-corrected chi connectivity index (χ4v) is 2.64. The lowest BCUT2D eigenvalue weighted by Crippen LogP contribution is -2.23. The number of halogens is 1. The second kappa shape index (κ2) is 8.98. The zero-order valence-electron chi connectivity index (χ0n) is 15.2. The van der Waals surface area contributed by atoms with Gasteiger partial charge in [-0.3, -0.25) is 9.89 Å². The van der Waals surface area contributed by atoms with Crippen molar-refractivity contribution in [1.82, 2.24) is 15.5 Å². The van der Waals surface area contributed by atoms with Crippen molar-refractivity contribution in [2.24, 2.45) is 0 Å². The van der Waals surface area contributed by atoms with Gasteiger partial charge in [0.25, 0.3) is 5.91 Å². The number of nitrogens with zero attached hydrogens (tertiary/aromatic N) is 1. The Balaban J connectivity index is 1.68. The van der Waals surface area contributed by atoms with Gasteiger partial charge in [0.05, 0.1) is 24.1 Å². The van der Waals surface area contributed by atoms with Crippen molar-refractivity contribution in [3.8, 4) is 17.0 Å². The minimum Gasteiger partial charge on any atom is -0.494 e. The van der Waals surface area contributed by atoms with Gasteiger partial charge in [0.15, 0.2) is 0 Å². The van der Waals surface area contributed by atoms with Crippen molar-refractivity contribution in [3.63, 3.8) is 0 Å². The third kappa shape index (κ3) is 4.73. The Morgan fingerprint density at radius 3 is 2.70 bits per heavy atom. The number of carbonyl (C=O) groups is 1. The molecular formula is C21H22FN3O2. The van der Waals surface area contributed by atoms with Crippen LogP contribution in [0.2, 0.25) is 0 Å². The molecular weight excluding hydrogens is 345 g/mol. The number of aromatic amines is 1. The van der Waals surface area contributed by atoms with Gasteiger partial charge in [-0.25, -0.2) is 4.39 Å². The minimum atomic E-state index is -0.344. The first-order valence-electron chi connectivity index (χ1n) is 8.97. The zero-order valence-corrected chi connectivity index (χ0v) is 15.2. The maximum Gasteiger partial charge on any atom is 0.255 e. The van der Waals surface area contributed by atoms with E-state index in [1.54, 1.807) is 18.2 Å². The lowest BCUT2D eigenvalue weighted by Gasteiger charge is -2.08. The van der Waals surface area contributed by atoms with E-state index in [1.807, 2.05) is 24.3 Å². The van der Waals surface area contributed by atoms with Crippen LogP contribution in [0.5, 0.6) is 5.75 Å². The van der Waals surface area contributed by atoms with E-state index in [0.717, 1.165) is 24.2 Å². The normalized spacial score (nSPS) is 10.6. The van der Waals surface area contributed by atoms with Crippen LogP contribution in [0.4, 0.5) is 4.39 Å². The van der Waals surface area contributed by atoms with E-state index >= 15 is 0 Å². The second-order valence-corrected chi connectivity index (χ2v) is 6.16. The van der Waals surface area contributed by atoms with Crippen LogP contribution in [0.25, 0.3) is 11.3 Å². The fourth-order valence-electron chi connectivity index (χ4n) is 2.64. The first-order valence-corrected chi connectivity index (χ1v) is 8.97. The molecule has 0 aliphatic heterocycles. The Morgan fingerprint density at radius 2 is 1.96 bits per heavy atom. The SMILES string of the molecule is CCCCOc1ccc(-c2[nH]ncc2C(=O)NCc2ccccc2F)cc1. The molecule has 140 valence electrons. The smallest absolute Gasteiger partial charge is 0.255 e. The summed E-state index contributed by atoms with van der Waals surface area (Å²) in [6.45, 7) is 2.91. The van der Waals surface area contributed by atoms with Gasteiger partial charge in [-0.1, -0.05) is 31.5 Å². The van der Waals surface area contributed by atoms with E-state index in [1.165, 1.54) is 12.3 Å². The van der Waals surface area contributed by atoms with E-state index in [-0.39, 0.29) is 18.3 Å². The highest BCUT2D eigenvalue weighted by atomic mass is 19.1. The zero-order chi connectivity index (χ0) is 19.1. The number of benzene rings is 2. The highest BCUT2D eigenvalue weighted by Crippen LogP contribution is 2.24. The summed E-state index contributed by atoms with van der Waals surface area (Å²) in [6.07, 6.45) is 3.56. The van der Waals surface area contributed by atoms with Crippen LogP contribution in [-0.4, -0.2) is 22.7 Å². The Morgan fingerprint density at radius 1 is 1.19 bits per heavy atom. The van der Waals surface area contributed by atoms with E-state index in [0.29, 0.717) is 23.4 Å². The summed E-state index contributed by atoms with van der Waals surface area (Å²) in [5.74, 6) is 0.131. The average molecular weight is 367 g/mol. The molecule has 3 aromatic rings. The molecule has 0 saturated carbocycles. The molecule has 0 bridgehead atoms. The van der Waals surface area contributed by atoms with Crippen molar-refractivity contribution >= 4 is 5.91 Å². The third-order valence-electron chi connectivity index (χ3n) is 4.19. The monoisotopic (exact) mass is 367 g/mol. The number of nitrogens with one attached hydrogen (secondary N) is 2. The third-order valence-corrected chi connectivity index (χ3v) is 4.19. The standard InChI is InChI=1S/C21H22FN3O2/c1-2-3-12-27-17-10-8-15(9-11-17)20-18(14-24-25-20)21(26)23-13-16-6-4-5-7-19(16)22/h4-11,14H,2-3,12-13H2,1H3,(H,23,26)(H,24,25). The molecule has 0 fully saturated rings. The maximum absolute atomic E-state index is 13.7. The lowest BCUT2D eigenvalue weighted by atomic mass is 10.1. The molecule has 0 atom stereocenters. The van der Waals surface area contributed by atoms with Crippen LogP contribution in [0.1, 0.15) is 35.7 Å². The van der Waals surface area contributed by atoms with Crippen LogP contribution >= 0.6 is 0 Å². The highest BCUT2D eigenvalue weighted by molar-refractivity contribution is 5.99. The molecule has 27 heavy (non-hydrogen) atoms. The van der Waals surface area contributed by atoms with Gasteiger partial charge in [0.2, 0.25) is 0 Å². The minimum absolute atomic E-state index is 0.111. The van der Waals surface area contributed by atoms with Gasteiger partial charge in [0.1, 0.15) is 11.6 Å². The summed E-state index contributed by atoms with van der Waals surface area (Å²) in [7, 11) is 0. The van der Waals surface area contributed by atoms with Crippen molar-refractivity contribution in [1.29, 1.82) is 0 Å². The van der Waals surface area contributed by atoms with E-state index < -0.39 is 0 Å². The Labute approximate surface area is 157 Å². The molecule has 2 aromatic carbocycles.